The zero-order chi connectivity index (χ0) is 44.2. The van der Waals surface area contributed by atoms with Crippen LogP contribution in [0.2, 0.25) is 0 Å². The van der Waals surface area contributed by atoms with Crippen molar-refractivity contribution in [3.05, 3.63) is 36.5 Å². The number of nitrogens with zero attached hydrogens (tertiary/aromatic N) is 1. The average Bonchev–Trinajstić information content (AvgIpc) is 3.21. The number of carbonyl (C=O) groups excluding carboxylic acids is 2. The summed E-state index contributed by atoms with van der Waals surface area (Å²) in [6, 6.07) is 0. The van der Waals surface area contributed by atoms with Crippen molar-refractivity contribution in [2.24, 2.45) is 0 Å². The summed E-state index contributed by atoms with van der Waals surface area (Å²) in [5, 5.41) is 9.65. The molecular weight excluding hydrogens is 755 g/mol. The van der Waals surface area contributed by atoms with E-state index in [1.165, 1.54) is 116 Å². The molecule has 0 aliphatic rings. The minimum absolute atomic E-state index is 0.185. The van der Waals surface area contributed by atoms with E-state index in [1.54, 1.807) is 0 Å². The number of carboxylic acids is 1. The molecule has 0 aliphatic heterocycles. The Morgan fingerprint density at radius 2 is 0.917 bits per heavy atom. The predicted molar refractivity (Wildman–Crippen MR) is 249 cm³/mol. The topological polar surface area (TPSA) is 108 Å². The van der Waals surface area contributed by atoms with Crippen LogP contribution in [0.25, 0.3) is 0 Å². The maximum atomic E-state index is 12.8. The quantitative estimate of drug-likeness (QED) is 0.0212. The van der Waals surface area contributed by atoms with Crippen molar-refractivity contribution >= 4 is 17.9 Å². The number of ether oxygens (including phenoxy) is 4. The van der Waals surface area contributed by atoms with Crippen LogP contribution in [-0.4, -0.2) is 87.4 Å². The first-order chi connectivity index (χ1) is 29.1. The van der Waals surface area contributed by atoms with Crippen molar-refractivity contribution < 1.29 is 42.9 Å². The van der Waals surface area contributed by atoms with Gasteiger partial charge in [0.2, 0.25) is 0 Å². The van der Waals surface area contributed by atoms with E-state index in [-0.39, 0.29) is 32.2 Å². The van der Waals surface area contributed by atoms with E-state index in [1.807, 2.05) is 21.1 Å². The normalized spacial score (nSPS) is 13.2. The largest absolute Gasteiger partial charge is 0.477 e. The van der Waals surface area contributed by atoms with Crippen molar-refractivity contribution in [2.45, 2.75) is 225 Å². The molecule has 9 heteroatoms. The van der Waals surface area contributed by atoms with E-state index in [2.05, 4.69) is 50.3 Å². The van der Waals surface area contributed by atoms with Gasteiger partial charge in [0, 0.05) is 12.8 Å². The summed E-state index contributed by atoms with van der Waals surface area (Å²) in [5.74, 6) is -2.02. The fraction of sp³-hybridized carbons (Fsp3) is 0.824. The third-order valence-electron chi connectivity index (χ3n) is 10.6. The molecule has 0 aromatic rings. The summed E-state index contributed by atoms with van der Waals surface area (Å²) >= 11 is 0. The van der Waals surface area contributed by atoms with E-state index >= 15 is 0 Å². The molecule has 0 aromatic heterocycles. The minimum atomic E-state index is -1.51. The van der Waals surface area contributed by atoms with Crippen LogP contribution in [0.1, 0.15) is 213 Å². The number of hydrogen-bond donors (Lipinski definition) is 1. The third-order valence-corrected chi connectivity index (χ3v) is 10.6. The van der Waals surface area contributed by atoms with Gasteiger partial charge in [-0.2, -0.15) is 0 Å². The zero-order valence-electron chi connectivity index (χ0n) is 39.6. The molecule has 0 radical (unpaired) electrons. The summed E-state index contributed by atoms with van der Waals surface area (Å²) in [5.41, 5.74) is 0. The standard InChI is InChI=1S/C51H93NO8/c1-6-8-10-12-14-16-18-20-22-23-24-25-26-27-28-30-31-33-35-37-39-41-48(53)58-45-47(46-59-51(50(55)56)57-44-43-52(3,4)5)60-49(54)42-40-38-36-34-32-29-21-19-17-15-13-11-9-7-2/h13,15,19,21,23-24,47,51H,6-12,14,16-18,20,22,25-46H2,1-5H3/p+1/b15-13-,21-19-,24-23-. The Balaban J connectivity index is 4.34. The average molecular weight is 849 g/mol. The Labute approximate surface area is 369 Å². The highest BCUT2D eigenvalue weighted by atomic mass is 16.7. The zero-order valence-corrected chi connectivity index (χ0v) is 39.6. The van der Waals surface area contributed by atoms with Crippen molar-refractivity contribution in [1.29, 1.82) is 0 Å². The van der Waals surface area contributed by atoms with Crippen molar-refractivity contribution in [3.63, 3.8) is 0 Å². The van der Waals surface area contributed by atoms with Gasteiger partial charge >= 0.3 is 17.9 Å². The number of rotatable bonds is 45. The van der Waals surface area contributed by atoms with Crippen LogP contribution in [-0.2, 0) is 33.3 Å². The second-order valence-electron chi connectivity index (χ2n) is 17.8. The maximum Gasteiger partial charge on any atom is 0.361 e. The van der Waals surface area contributed by atoms with Gasteiger partial charge in [0.15, 0.2) is 6.10 Å². The summed E-state index contributed by atoms with van der Waals surface area (Å²) in [7, 11) is 5.95. The molecule has 0 saturated carbocycles. The summed E-state index contributed by atoms with van der Waals surface area (Å²) in [6.07, 6.45) is 46.3. The minimum Gasteiger partial charge on any atom is -0.477 e. The molecule has 0 bridgehead atoms. The maximum absolute atomic E-state index is 12.8. The molecule has 0 rings (SSSR count). The number of allylic oxidation sites excluding steroid dienone is 6. The van der Waals surface area contributed by atoms with Crippen LogP contribution in [0.4, 0.5) is 0 Å². The summed E-state index contributed by atoms with van der Waals surface area (Å²) in [6.45, 7) is 4.82. The van der Waals surface area contributed by atoms with Gasteiger partial charge in [-0.25, -0.2) is 4.79 Å². The highest BCUT2D eigenvalue weighted by Gasteiger charge is 2.25. The van der Waals surface area contributed by atoms with E-state index in [4.69, 9.17) is 18.9 Å². The number of esters is 2. The number of quaternary nitrogens is 1. The van der Waals surface area contributed by atoms with Crippen LogP contribution < -0.4 is 0 Å². The smallest absolute Gasteiger partial charge is 0.361 e. The molecule has 0 fully saturated rings. The molecular formula is C51H94NO8+. The summed E-state index contributed by atoms with van der Waals surface area (Å²) < 4.78 is 22.8. The molecule has 0 aromatic carbocycles. The number of carbonyl (C=O) groups is 3. The predicted octanol–water partition coefficient (Wildman–Crippen LogP) is 13.4. The molecule has 60 heavy (non-hydrogen) atoms. The number of carboxylic acid groups (broad SMARTS) is 1. The lowest BCUT2D eigenvalue weighted by atomic mass is 10.1. The number of unbranched alkanes of at least 4 members (excludes halogenated alkanes) is 24. The van der Waals surface area contributed by atoms with E-state index < -0.39 is 24.3 Å². The van der Waals surface area contributed by atoms with Gasteiger partial charge in [0.25, 0.3) is 6.29 Å². The Morgan fingerprint density at radius 1 is 0.500 bits per heavy atom. The Bertz CT molecular complexity index is 1080. The van der Waals surface area contributed by atoms with E-state index in [0.717, 1.165) is 64.2 Å². The second-order valence-corrected chi connectivity index (χ2v) is 17.8. The highest BCUT2D eigenvalue weighted by Crippen LogP contribution is 2.15. The number of likely N-dealkylation sites (N-methyl/N-ethyl adjacent to an activating group) is 1. The monoisotopic (exact) mass is 849 g/mol. The lowest BCUT2D eigenvalue weighted by molar-refractivity contribution is -0.870. The molecule has 0 aliphatic carbocycles. The molecule has 0 spiro atoms. The van der Waals surface area contributed by atoms with Crippen LogP contribution in [0, 0.1) is 0 Å². The highest BCUT2D eigenvalue weighted by molar-refractivity contribution is 5.71. The van der Waals surface area contributed by atoms with E-state index in [0.29, 0.717) is 23.9 Å². The Hall–Kier alpha value is -2.49. The fourth-order valence-electron chi connectivity index (χ4n) is 6.73. The molecule has 1 N–H and O–H groups in total. The van der Waals surface area contributed by atoms with Gasteiger partial charge in [-0.15, -0.1) is 0 Å². The first-order valence-corrected chi connectivity index (χ1v) is 24.7. The first-order valence-electron chi connectivity index (χ1n) is 24.7. The SMILES string of the molecule is CCCC/C=C\C/C=C\CCCCCCCC(=O)OC(COC(=O)CCCCCCCCCCC/C=C\CCCCCCCCCC)COC(OCC[N+](C)(C)C)C(=O)O. The van der Waals surface area contributed by atoms with Gasteiger partial charge < -0.3 is 28.5 Å². The molecule has 9 nitrogen and oxygen atoms in total. The third kappa shape index (κ3) is 43.6. The van der Waals surface area contributed by atoms with Crippen LogP contribution >= 0.6 is 0 Å². The lowest BCUT2D eigenvalue weighted by Gasteiger charge is -2.25. The molecule has 0 amide bonds. The van der Waals surface area contributed by atoms with Gasteiger partial charge in [-0.05, 0) is 64.2 Å². The van der Waals surface area contributed by atoms with Gasteiger partial charge in [0.1, 0.15) is 13.2 Å². The number of hydrogen-bond acceptors (Lipinski definition) is 7. The van der Waals surface area contributed by atoms with Crippen molar-refractivity contribution in [2.75, 3.05) is 47.5 Å². The fourth-order valence-corrected chi connectivity index (χ4v) is 6.73. The molecule has 0 saturated heterocycles. The molecule has 0 heterocycles. The number of aliphatic carboxylic acids is 1. The van der Waals surface area contributed by atoms with Gasteiger partial charge in [-0.1, -0.05) is 172 Å². The van der Waals surface area contributed by atoms with Crippen LogP contribution in [0.15, 0.2) is 36.5 Å². The summed E-state index contributed by atoms with van der Waals surface area (Å²) in [4.78, 5) is 37.2. The van der Waals surface area contributed by atoms with Gasteiger partial charge in [0.05, 0.1) is 34.4 Å². The van der Waals surface area contributed by atoms with Gasteiger partial charge in [-0.3, -0.25) is 9.59 Å². The van der Waals surface area contributed by atoms with Crippen molar-refractivity contribution in [3.8, 4) is 0 Å². The van der Waals surface area contributed by atoms with Crippen LogP contribution in [0.3, 0.4) is 0 Å². The second kappa shape index (κ2) is 43.2. The first kappa shape index (κ1) is 57.5. The molecule has 350 valence electrons. The Kier molecular flexibility index (Phi) is 41.4. The lowest BCUT2D eigenvalue weighted by Crippen LogP contribution is -2.40. The van der Waals surface area contributed by atoms with E-state index in [9.17, 15) is 19.5 Å². The molecule has 2 unspecified atom stereocenters. The van der Waals surface area contributed by atoms with Crippen molar-refractivity contribution in [1.82, 2.24) is 0 Å². The Morgan fingerprint density at radius 3 is 1.38 bits per heavy atom. The molecule has 2 atom stereocenters. The van der Waals surface area contributed by atoms with Crippen LogP contribution in [0.5, 0.6) is 0 Å².